The number of alkyl halides is 3. The second-order valence-electron chi connectivity index (χ2n) is 9.01. The van der Waals surface area contributed by atoms with Gasteiger partial charge in [-0.15, -0.1) is 0 Å². The van der Waals surface area contributed by atoms with Crippen molar-refractivity contribution in [3.8, 4) is 0 Å². The molecule has 1 atom stereocenters. The maximum Gasteiger partial charge on any atom is 0.418 e. The first-order valence-electron chi connectivity index (χ1n) is 11.0. The van der Waals surface area contributed by atoms with Gasteiger partial charge in [-0.1, -0.05) is 19.3 Å². The number of nitrogens with one attached hydrogen (secondary N) is 1. The minimum absolute atomic E-state index is 0.00595. The Morgan fingerprint density at radius 1 is 1.10 bits per heavy atom. The van der Waals surface area contributed by atoms with Crippen LogP contribution in [0, 0.1) is 5.41 Å². The van der Waals surface area contributed by atoms with Crippen LogP contribution in [0.3, 0.4) is 0 Å². The SMILES string of the molecule is O=C(O)Nc1ccc(N2CCC[C@@]3(CCN(C4CCCCC4)C3=O)C2)c(C(F)(F)F)c1. The number of likely N-dealkylation sites (tertiary alicyclic amines) is 1. The maximum atomic E-state index is 13.8. The third-order valence-corrected chi connectivity index (χ3v) is 7.03. The molecule has 1 aromatic carbocycles. The Labute approximate surface area is 179 Å². The zero-order chi connectivity index (χ0) is 22.2. The molecule has 2 aliphatic heterocycles. The number of halogens is 3. The van der Waals surface area contributed by atoms with Crippen molar-refractivity contribution in [2.45, 2.75) is 63.6 Å². The highest BCUT2D eigenvalue weighted by molar-refractivity contribution is 5.87. The molecule has 6 nitrogen and oxygen atoms in total. The van der Waals surface area contributed by atoms with Crippen LogP contribution < -0.4 is 10.2 Å². The molecule has 1 saturated carbocycles. The Morgan fingerprint density at radius 3 is 2.52 bits per heavy atom. The summed E-state index contributed by atoms with van der Waals surface area (Å²) >= 11 is 0. The summed E-state index contributed by atoms with van der Waals surface area (Å²) in [5, 5.41) is 10.8. The van der Waals surface area contributed by atoms with E-state index in [2.05, 4.69) is 0 Å². The minimum atomic E-state index is -4.63. The van der Waals surface area contributed by atoms with Gasteiger partial charge in [0, 0.05) is 37.1 Å². The van der Waals surface area contributed by atoms with Crippen LogP contribution in [0.15, 0.2) is 18.2 Å². The van der Waals surface area contributed by atoms with E-state index in [1.807, 2.05) is 10.2 Å². The molecule has 4 rings (SSSR count). The van der Waals surface area contributed by atoms with Gasteiger partial charge in [0.25, 0.3) is 0 Å². The average molecular weight is 439 g/mol. The van der Waals surface area contributed by atoms with Gasteiger partial charge in [0.1, 0.15) is 0 Å². The van der Waals surface area contributed by atoms with Crippen LogP contribution in [0.2, 0.25) is 0 Å². The molecule has 1 aliphatic carbocycles. The van der Waals surface area contributed by atoms with E-state index in [-0.39, 0.29) is 29.9 Å². The highest BCUT2D eigenvalue weighted by atomic mass is 19.4. The third kappa shape index (κ3) is 4.32. The fraction of sp³-hybridized carbons (Fsp3) is 0.636. The number of piperidine rings is 1. The number of hydrogen-bond acceptors (Lipinski definition) is 3. The van der Waals surface area contributed by atoms with Gasteiger partial charge >= 0.3 is 12.3 Å². The molecule has 2 heterocycles. The Balaban J connectivity index is 1.58. The first kappa shape index (κ1) is 21.8. The zero-order valence-corrected chi connectivity index (χ0v) is 17.4. The summed E-state index contributed by atoms with van der Waals surface area (Å²) in [6, 6.07) is 3.74. The van der Waals surface area contributed by atoms with Crippen LogP contribution in [0.5, 0.6) is 0 Å². The molecule has 3 aliphatic rings. The Bertz CT molecular complexity index is 854. The maximum absolute atomic E-state index is 13.8. The average Bonchev–Trinajstić information content (AvgIpc) is 3.03. The van der Waals surface area contributed by atoms with E-state index in [0.29, 0.717) is 32.4 Å². The quantitative estimate of drug-likeness (QED) is 0.699. The molecule has 1 spiro atoms. The van der Waals surface area contributed by atoms with Gasteiger partial charge in [0.2, 0.25) is 5.91 Å². The molecular weight excluding hydrogens is 411 g/mol. The number of anilines is 2. The Morgan fingerprint density at radius 2 is 1.84 bits per heavy atom. The zero-order valence-electron chi connectivity index (χ0n) is 17.4. The highest BCUT2D eigenvalue weighted by Crippen LogP contribution is 2.46. The number of carbonyl (C=O) groups excluding carboxylic acids is 1. The topological polar surface area (TPSA) is 72.9 Å². The van der Waals surface area contributed by atoms with E-state index in [9.17, 15) is 22.8 Å². The van der Waals surface area contributed by atoms with Crippen LogP contribution in [0.1, 0.15) is 56.9 Å². The standard InChI is InChI=1S/C22H28F3N3O3/c23-22(24,25)17-13-15(26-20(30)31)7-8-18(17)27-11-4-9-21(14-27)10-12-28(19(21)29)16-5-2-1-3-6-16/h7-8,13,16,26H,1-6,9-12,14H2,(H,30,31)/t21-/m1/s1. The van der Waals surface area contributed by atoms with Crippen molar-refractivity contribution in [2.75, 3.05) is 29.9 Å². The lowest BCUT2D eigenvalue weighted by Gasteiger charge is -2.42. The van der Waals surface area contributed by atoms with Gasteiger partial charge in [0.15, 0.2) is 0 Å². The van der Waals surface area contributed by atoms with Gasteiger partial charge in [-0.25, -0.2) is 4.79 Å². The van der Waals surface area contributed by atoms with E-state index < -0.39 is 23.2 Å². The van der Waals surface area contributed by atoms with Gasteiger partial charge in [-0.3, -0.25) is 10.1 Å². The molecule has 2 saturated heterocycles. The van der Waals surface area contributed by atoms with E-state index in [1.54, 1.807) is 4.90 Å². The number of hydrogen-bond donors (Lipinski definition) is 2. The molecule has 0 unspecified atom stereocenters. The van der Waals surface area contributed by atoms with Gasteiger partial charge in [0.05, 0.1) is 11.0 Å². The molecule has 0 radical (unpaired) electrons. The normalized spacial score (nSPS) is 25.3. The second-order valence-corrected chi connectivity index (χ2v) is 9.01. The summed E-state index contributed by atoms with van der Waals surface area (Å²) < 4.78 is 41.4. The second kappa shape index (κ2) is 8.24. The molecular formula is C22H28F3N3O3. The molecule has 0 aromatic heterocycles. The number of carbonyl (C=O) groups is 2. The molecule has 9 heteroatoms. The largest absolute Gasteiger partial charge is 0.465 e. The van der Waals surface area contributed by atoms with Crippen molar-refractivity contribution in [1.29, 1.82) is 0 Å². The Hall–Kier alpha value is -2.45. The van der Waals surface area contributed by atoms with Gasteiger partial charge < -0.3 is 14.9 Å². The molecule has 3 fully saturated rings. The minimum Gasteiger partial charge on any atom is -0.465 e. The first-order chi connectivity index (χ1) is 14.7. The van der Waals surface area contributed by atoms with Crippen molar-refractivity contribution in [3.05, 3.63) is 23.8 Å². The third-order valence-electron chi connectivity index (χ3n) is 7.03. The lowest BCUT2D eigenvalue weighted by atomic mass is 9.78. The first-order valence-corrected chi connectivity index (χ1v) is 11.0. The molecule has 2 N–H and O–H groups in total. The summed E-state index contributed by atoms with van der Waals surface area (Å²) in [4.78, 5) is 27.9. The molecule has 2 amide bonds. The van der Waals surface area contributed by atoms with Gasteiger partial charge in [-0.2, -0.15) is 13.2 Å². The van der Waals surface area contributed by atoms with Crippen LogP contribution in [0.25, 0.3) is 0 Å². The monoisotopic (exact) mass is 439 g/mol. The fourth-order valence-corrected chi connectivity index (χ4v) is 5.54. The fourth-order valence-electron chi connectivity index (χ4n) is 5.54. The molecule has 170 valence electrons. The van der Waals surface area contributed by atoms with Crippen molar-refractivity contribution < 1.29 is 27.9 Å². The van der Waals surface area contributed by atoms with E-state index in [1.165, 1.54) is 18.6 Å². The smallest absolute Gasteiger partial charge is 0.418 e. The van der Waals surface area contributed by atoms with E-state index in [4.69, 9.17) is 5.11 Å². The molecule has 31 heavy (non-hydrogen) atoms. The summed E-state index contributed by atoms with van der Waals surface area (Å²) in [7, 11) is 0. The van der Waals surface area contributed by atoms with Crippen molar-refractivity contribution in [3.63, 3.8) is 0 Å². The van der Waals surface area contributed by atoms with Crippen molar-refractivity contribution >= 4 is 23.4 Å². The van der Waals surface area contributed by atoms with E-state index in [0.717, 1.165) is 31.7 Å². The van der Waals surface area contributed by atoms with Gasteiger partial charge in [-0.05, 0) is 50.3 Å². The summed E-state index contributed by atoms with van der Waals surface area (Å²) in [5.74, 6) is 0.0989. The number of rotatable bonds is 3. The Kier molecular flexibility index (Phi) is 5.79. The number of benzene rings is 1. The van der Waals surface area contributed by atoms with Crippen molar-refractivity contribution in [1.82, 2.24) is 4.90 Å². The summed E-state index contributed by atoms with van der Waals surface area (Å²) in [5.41, 5.74) is -1.64. The van der Waals surface area contributed by atoms with Crippen molar-refractivity contribution in [2.24, 2.45) is 5.41 Å². The predicted molar refractivity (Wildman–Crippen MR) is 110 cm³/mol. The van der Waals surface area contributed by atoms with Crippen LogP contribution in [-0.4, -0.2) is 47.7 Å². The lowest BCUT2D eigenvalue weighted by Crippen LogP contribution is -2.50. The predicted octanol–water partition coefficient (Wildman–Crippen LogP) is 4.95. The summed E-state index contributed by atoms with van der Waals surface area (Å²) in [6.07, 6.45) is 1.45. The van der Waals surface area contributed by atoms with Crippen LogP contribution >= 0.6 is 0 Å². The number of carboxylic acid groups (broad SMARTS) is 1. The number of nitrogens with zero attached hydrogens (tertiary/aromatic N) is 2. The molecule has 0 bridgehead atoms. The van der Waals surface area contributed by atoms with Crippen LogP contribution in [0.4, 0.5) is 29.3 Å². The number of amides is 2. The molecule has 1 aromatic rings. The van der Waals surface area contributed by atoms with Crippen LogP contribution in [-0.2, 0) is 11.0 Å². The summed E-state index contributed by atoms with van der Waals surface area (Å²) in [6.45, 7) is 1.39. The highest BCUT2D eigenvalue weighted by Gasteiger charge is 2.51. The lowest BCUT2D eigenvalue weighted by molar-refractivity contribution is -0.139. The van der Waals surface area contributed by atoms with E-state index >= 15 is 0 Å².